The third-order valence-electron chi connectivity index (χ3n) is 2.43. The van der Waals surface area contributed by atoms with Gasteiger partial charge in [0, 0.05) is 23.9 Å². The fraction of sp³-hybridized carbons (Fsp3) is 0.100. The highest BCUT2D eigenvalue weighted by Crippen LogP contribution is 2.26. The van der Waals surface area contributed by atoms with Crippen molar-refractivity contribution in [2.45, 2.75) is 11.8 Å². The Hall–Kier alpha value is -2.56. The van der Waals surface area contributed by atoms with E-state index in [1.54, 1.807) is 6.92 Å². The Morgan fingerprint density at radius 1 is 1.29 bits per heavy atom. The molecule has 0 spiro atoms. The molecule has 2 aromatic rings. The molecule has 11 heteroatoms. The molecule has 1 heterocycles. The second-order valence-corrected chi connectivity index (χ2v) is 5.68. The van der Waals surface area contributed by atoms with Gasteiger partial charge in [-0.25, -0.2) is 12.8 Å². The largest absolute Gasteiger partial charge is 0.306 e. The maximum atomic E-state index is 13.6. The zero-order valence-electron chi connectivity index (χ0n) is 10.4. The molecule has 2 N–H and O–H groups in total. The number of nitrogens with zero attached hydrogens (tertiary/aromatic N) is 2. The summed E-state index contributed by atoms with van der Waals surface area (Å²) in [4.78, 5) is 8.39. The Balaban J connectivity index is 2.49. The fourth-order valence-corrected chi connectivity index (χ4v) is 2.60. The van der Waals surface area contributed by atoms with Gasteiger partial charge in [0.1, 0.15) is 10.7 Å². The summed E-state index contributed by atoms with van der Waals surface area (Å²) in [6, 6.07) is 1.78. The van der Waals surface area contributed by atoms with Crippen molar-refractivity contribution >= 4 is 21.5 Å². The number of hydrogen-bond acceptors (Lipinski definition) is 5. The summed E-state index contributed by atoms with van der Waals surface area (Å²) in [7, 11) is -4.48. The zero-order valence-corrected chi connectivity index (χ0v) is 11.2. The minimum absolute atomic E-state index is 0.126. The molecule has 0 aliphatic heterocycles. The number of aromatic amines is 1. The summed E-state index contributed by atoms with van der Waals surface area (Å²) in [6.45, 7) is 1.61. The molecule has 0 saturated heterocycles. The second kappa shape index (κ2) is 5.09. The molecule has 2 rings (SSSR count). The Bertz CT molecular complexity index is 818. The predicted octanol–water partition coefficient (Wildman–Crippen LogP) is 1.71. The summed E-state index contributed by atoms with van der Waals surface area (Å²) in [5, 5.41) is 16.6. The molecule has 1 aromatic carbocycles. The van der Waals surface area contributed by atoms with Gasteiger partial charge in [0.15, 0.2) is 5.82 Å². The first-order valence-electron chi connectivity index (χ1n) is 5.39. The number of aryl methyl sites for hydroxylation is 1. The molecule has 8 nitrogen and oxygen atoms in total. The molecule has 0 bridgehead atoms. The molecule has 0 aliphatic rings. The molecule has 21 heavy (non-hydrogen) atoms. The lowest BCUT2D eigenvalue weighted by molar-refractivity contribution is -0.387. The maximum Gasteiger partial charge on any atom is 0.306 e. The molecule has 112 valence electrons. The minimum atomic E-state index is -4.48. The minimum Gasteiger partial charge on any atom is -0.281 e. The smallest absolute Gasteiger partial charge is 0.281 e. The molecule has 1 aromatic heterocycles. The van der Waals surface area contributed by atoms with Crippen LogP contribution >= 0.6 is 0 Å². The lowest BCUT2D eigenvalue weighted by Gasteiger charge is -2.06. The Labute approximate surface area is 117 Å². The summed E-state index contributed by atoms with van der Waals surface area (Å²) >= 11 is 0. The Kier molecular flexibility index (Phi) is 3.60. The van der Waals surface area contributed by atoms with Crippen molar-refractivity contribution in [2.24, 2.45) is 0 Å². The van der Waals surface area contributed by atoms with Crippen LogP contribution < -0.4 is 4.72 Å². The third kappa shape index (κ3) is 2.97. The van der Waals surface area contributed by atoms with Crippen LogP contribution in [0.4, 0.5) is 20.3 Å². The van der Waals surface area contributed by atoms with Crippen LogP contribution in [0.2, 0.25) is 0 Å². The number of nitrogens with one attached hydrogen (secondary N) is 2. The van der Waals surface area contributed by atoms with Crippen LogP contribution in [0.15, 0.2) is 23.1 Å². The highest BCUT2D eigenvalue weighted by atomic mass is 32.2. The van der Waals surface area contributed by atoms with Gasteiger partial charge < -0.3 is 0 Å². The fourth-order valence-electron chi connectivity index (χ4n) is 1.53. The van der Waals surface area contributed by atoms with E-state index >= 15 is 0 Å². The second-order valence-electron chi connectivity index (χ2n) is 4.03. The van der Waals surface area contributed by atoms with E-state index in [1.807, 2.05) is 4.72 Å². The van der Waals surface area contributed by atoms with Gasteiger partial charge in [-0.3, -0.25) is 19.9 Å². The molecule has 0 fully saturated rings. The Morgan fingerprint density at radius 2 is 1.95 bits per heavy atom. The first-order chi connectivity index (χ1) is 9.70. The monoisotopic (exact) mass is 318 g/mol. The van der Waals surface area contributed by atoms with Crippen molar-refractivity contribution in [3.05, 3.63) is 45.6 Å². The number of aromatic nitrogens is 2. The van der Waals surface area contributed by atoms with Crippen molar-refractivity contribution < 1.29 is 22.1 Å². The lowest BCUT2D eigenvalue weighted by Crippen LogP contribution is -2.15. The maximum absolute atomic E-state index is 13.6. The molecule has 0 saturated carbocycles. The number of rotatable bonds is 4. The average molecular weight is 318 g/mol. The average Bonchev–Trinajstić information content (AvgIpc) is 2.72. The van der Waals surface area contributed by atoms with Gasteiger partial charge >= 0.3 is 5.69 Å². The van der Waals surface area contributed by atoms with Crippen LogP contribution in [0.3, 0.4) is 0 Å². The molecule has 0 atom stereocenters. The van der Waals surface area contributed by atoms with Crippen LogP contribution in [0.1, 0.15) is 5.69 Å². The number of hydrogen-bond donors (Lipinski definition) is 2. The van der Waals surface area contributed by atoms with Crippen LogP contribution in [-0.4, -0.2) is 23.5 Å². The lowest BCUT2D eigenvalue weighted by atomic mass is 10.3. The molecule has 0 aliphatic carbocycles. The van der Waals surface area contributed by atoms with Crippen molar-refractivity contribution in [3.8, 4) is 0 Å². The standard InChI is InChI=1S/C10H8F2N4O4S/c1-5-2-10(14-13-5)15-21(19,20)9-4-8(16(17)18)6(11)3-7(9)12/h2-4H,1H3,(H2,13,14,15). The Morgan fingerprint density at radius 3 is 2.48 bits per heavy atom. The van der Waals surface area contributed by atoms with E-state index in [4.69, 9.17) is 0 Å². The summed E-state index contributed by atoms with van der Waals surface area (Å²) in [5.41, 5.74) is -0.603. The van der Waals surface area contributed by atoms with Crippen molar-refractivity contribution in [3.63, 3.8) is 0 Å². The van der Waals surface area contributed by atoms with E-state index in [-0.39, 0.29) is 11.9 Å². The van der Waals surface area contributed by atoms with E-state index in [9.17, 15) is 27.3 Å². The van der Waals surface area contributed by atoms with Crippen LogP contribution in [-0.2, 0) is 10.0 Å². The molecule has 0 amide bonds. The van der Waals surface area contributed by atoms with Crippen LogP contribution in [0, 0.1) is 28.7 Å². The van der Waals surface area contributed by atoms with Crippen molar-refractivity contribution in [1.29, 1.82) is 0 Å². The number of nitro groups is 1. The van der Waals surface area contributed by atoms with Crippen molar-refractivity contribution in [1.82, 2.24) is 10.2 Å². The quantitative estimate of drug-likeness (QED) is 0.657. The normalized spacial score (nSPS) is 11.4. The van der Waals surface area contributed by atoms with Gasteiger partial charge in [-0.2, -0.15) is 9.49 Å². The van der Waals surface area contributed by atoms with E-state index < -0.39 is 37.2 Å². The molecule has 0 unspecified atom stereocenters. The summed E-state index contributed by atoms with van der Waals surface area (Å²) in [6.07, 6.45) is 0. The summed E-state index contributed by atoms with van der Waals surface area (Å²) < 4.78 is 52.6. The summed E-state index contributed by atoms with van der Waals surface area (Å²) in [5.74, 6) is -3.04. The predicted molar refractivity (Wildman–Crippen MR) is 67.1 cm³/mol. The highest BCUT2D eigenvalue weighted by molar-refractivity contribution is 7.92. The SMILES string of the molecule is Cc1cc(NS(=O)(=O)c2cc([N+](=O)[O-])c(F)cc2F)n[nH]1. The van der Waals surface area contributed by atoms with Crippen LogP contribution in [0.25, 0.3) is 0 Å². The number of sulfonamides is 1. The third-order valence-corrected chi connectivity index (χ3v) is 3.80. The van der Waals surface area contributed by atoms with Gasteiger partial charge in [0.2, 0.25) is 5.82 Å². The first-order valence-corrected chi connectivity index (χ1v) is 6.87. The van der Waals surface area contributed by atoms with E-state index in [1.165, 1.54) is 6.07 Å². The van der Waals surface area contributed by atoms with Gasteiger partial charge in [0.05, 0.1) is 4.92 Å². The van der Waals surface area contributed by atoms with Crippen LogP contribution in [0.5, 0.6) is 0 Å². The number of benzene rings is 1. The van der Waals surface area contributed by atoms with E-state index in [2.05, 4.69) is 10.2 Å². The van der Waals surface area contributed by atoms with Gasteiger partial charge in [-0.1, -0.05) is 0 Å². The molecular formula is C10H8F2N4O4S. The number of anilines is 1. The molecule has 0 radical (unpaired) electrons. The van der Waals surface area contributed by atoms with Gasteiger partial charge in [0.25, 0.3) is 10.0 Å². The zero-order chi connectivity index (χ0) is 15.8. The van der Waals surface area contributed by atoms with E-state index in [0.29, 0.717) is 11.8 Å². The number of H-pyrrole nitrogens is 1. The topological polar surface area (TPSA) is 118 Å². The number of nitro benzene ring substituents is 1. The van der Waals surface area contributed by atoms with Gasteiger partial charge in [-0.15, -0.1) is 0 Å². The molecular weight excluding hydrogens is 310 g/mol. The van der Waals surface area contributed by atoms with Gasteiger partial charge in [-0.05, 0) is 6.92 Å². The van der Waals surface area contributed by atoms with Crippen molar-refractivity contribution in [2.75, 3.05) is 4.72 Å². The first kappa shape index (κ1) is 14.8. The highest BCUT2D eigenvalue weighted by Gasteiger charge is 2.27. The van der Waals surface area contributed by atoms with E-state index in [0.717, 1.165) is 0 Å². The number of halogens is 2.